The normalized spacial score (nSPS) is 10.2. The van der Waals surface area contributed by atoms with E-state index in [1.54, 1.807) is 20.1 Å². The first-order valence-electron chi connectivity index (χ1n) is 9.18. The Kier molecular flexibility index (Phi) is 8.30. The summed E-state index contributed by atoms with van der Waals surface area (Å²) < 4.78 is 10.5. The summed E-state index contributed by atoms with van der Waals surface area (Å²) >= 11 is 0. The molecule has 0 radical (unpaired) electrons. The van der Waals surface area contributed by atoms with E-state index in [9.17, 15) is 9.59 Å². The van der Waals surface area contributed by atoms with Crippen molar-refractivity contribution in [1.29, 1.82) is 0 Å². The van der Waals surface area contributed by atoms with Crippen LogP contribution in [0.15, 0.2) is 42.5 Å². The molecule has 2 aromatic rings. The molecule has 150 valence electrons. The van der Waals surface area contributed by atoms with Gasteiger partial charge in [0.25, 0.3) is 0 Å². The molecule has 0 aromatic heterocycles. The third kappa shape index (κ3) is 6.92. The van der Waals surface area contributed by atoms with Crippen LogP contribution < -0.4 is 20.7 Å². The van der Waals surface area contributed by atoms with Crippen LogP contribution in [0.3, 0.4) is 0 Å². The standard InChI is InChI=1S/C21H27N3O4/c1-4-20(25)23-17-8-5-15(2)19(13-17)24-21(26)22-14-16-6-9-18(10-7-16)28-12-11-27-3/h5-10,13H,4,11-12,14H2,1-3H3,(H,23,25)(H2,22,24,26). The molecule has 0 fully saturated rings. The highest BCUT2D eigenvalue weighted by Gasteiger charge is 2.07. The van der Waals surface area contributed by atoms with Crippen LogP contribution in [0.4, 0.5) is 16.2 Å². The van der Waals surface area contributed by atoms with Crippen LogP contribution in [-0.4, -0.2) is 32.3 Å². The largest absolute Gasteiger partial charge is 0.491 e. The molecule has 0 saturated heterocycles. The van der Waals surface area contributed by atoms with Gasteiger partial charge in [0.1, 0.15) is 12.4 Å². The van der Waals surface area contributed by atoms with Crippen LogP contribution in [0, 0.1) is 6.92 Å². The van der Waals surface area contributed by atoms with Gasteiger partial charge in [-0.2, -0.15) is 0 Å². The Bertz CT molecular complexity index is 791. The molecule has 3 amide bonds. The Hall–Kier alpha value is -3.06. The topological polar surface area (TPSA) is 88.7 Å². The zero-order valence-electron chi connectivity index (χ0n) is 16.5. The summed E-state index contributed by atoms with van der Waals surface area (Å²) in [5, 5.41) is 8.42. The predicted molar refractivity (Wildman–Crippen MR) is 110 cm³/mol. The molecule has 7 nitrogen and oxygen atoms in total. The van der Waals surface area contributed by atoms with Gasteiger partial charge in [0.05, 0.1) is 6.61 Å². The summed E-state index contributed by atoms with van der Waals surface area (Å²) in [6.45, 7) is 5.09. The van der Waals surface area contributed by atoms with E-state index in [2.05, 4.69) is 16.0 Å². The Morgan fingerprint density at radius 3 is 2.43 bits per heavy atom. The van der Waals surface area contributed by atoms with Gasteiger partial charge in [-0.15, -0.1) is 0 Å². The van der Waals surface area contributed by atoms with E-state index >= 15 is 0 Å². The molecule has 0 spiro atoms. The molecular formula is C21H27N3O4. The average molecular weight is 385 g/mol. The first-order valence-corrected chi connectivity index (χ1v) is 9.18. The second-order valence-electron chi connectivity index (χ2n) is 6.22. The highest BCUT2D eigenvalue weighted by molar-refractivity contribution is 5.94. The van der Waals surface area contributed by atoms with Crippen LogP contribution in [0.2, 0.25) is 0 Å². The number of hydrogen-bond acceptors (Lipinski definition) is 4. The van der Waals surface area contributed by atoms with E-state index in [0.29, 0.717) is 37.6 Å². The summed E-state index contributed by atoms with van der Waals surface area (Å²) in [6.07, 6.45) is 0.396. The van der Waals surface area contributed by atoms with Gasteiger partial charge in [-0.3, -0.25) is 4.79 Å². The molecule has 2 rings (SSSR count). The van der Waals surface area contributed by atoms with Gasteiger partial charge in [-0.25, -0.2) is 4.79 Å². The lowest BCUT2D eigenvalue weighted by molar-refractivity contribution is -0.115. The van der Waals surface area contributed by atoms with Crippen molar-refractivity contribution in [3.63, 3.8) is 0 Å². The fourth-order valence-electron chi connectivity index (χ4n) is 2.38. The third-order valence-electron chi connectivity index (χ3n) is 4.02. The predicted octanol–water partition coefficient (Wildman–Crippen LogP) is 3.69. The summed E-state index contributed by atoms with van der Waals surface area (Å²) in [7, 11) is 1.63. The molecule has 3 N–H and O–H groups in total. The summed E-state index contributed by atoms with van der Waals surface area (Å²) in [5.74, 6) is 0.681. The second-order valence-corrected chi connectivity index (χ2v) is 6.22. The Balaban J connectivity index is 1.86. The molecule has 0 heterocycles. The zero-order chi connectivity index (χ0) is 20.4. The van der Waals surface area contributed by atoms with Gasteiger partial charge < -0.3 is 25.4 Å². The number of nitrogens with one attached hydrogen (secondary N) is 3. The highest BCUT2D eigenvalue weighted by Crippen LogP contribution is 2.20. The maximum absolute atomic E-state index is 12.2. The van der Waals surface area contributed by atoms with E-state index in [1.807, 2.05) is 43.3 Å². The lowest BCUT2D eigenvalue weighted by atomic mass is 10.1. The molecular weight excluding hydrogens is 358 g/mol. The van der Waals surface area contributed by atoms with Gasteiger partial charge in [0.15, 0.2) is 0 Å². The number of amides is 3. The number of rotatable bonds is 9. The van der Waals surface area contributed by atoms with Crippen LogP contribution in [-0.2, 0) is 16.1 Å². The second kappa shape index (κ2) is 10.9. The molecule has 0 unspecified atom stereocenters. The van der Waals surface area contributed by atoms with E-state index in [0.717, 1.165) is 16.9 Å². The number of aryl methyl sites for hydroxylation is 1. The molecule has 0 aliphatic carbocycles. The summed E-state index contributed by atoms with van der Waals surface area (Å²) in [6, 6.07) is 12.6. The minimum Gasteiger partial charge on any atom is -0.491 e. The number of benzene rings is 2. The van der Waals surface area contributed by atoms with Crippen molar-refractivity contribution in [1.82, 2.24) is 5.32 Å². The maximum Gasteiger partial charge on any atom is 0.319 e. The molecule has 2 aromatic carbocycles. The third-order valence-corrected chi connectivity index (χ3v) is 4.02. The van der Waals surface area contributed by atoms with Crippen LogP contribution in [0.1, 0.15) is 24.5 Å². The van der Waals surface area contributed by atoms with Gasteiger partial charge in [-0.1, -0.05) is 25.1 Å². The van der Waals surface area contributed by atoms with E-state index in [-0.39, 0.29) is 11.9 Å². The number of carbonyl (C=O) groups is 2. The van der Waals surface area contributed by atoms with Crippen LogP contribution in [0.5, 0.6) is 5.75 Å². The van der Waals surface area contributed by atoms with Gasteiger partial charge >= 0.3 is 6.03 Å². The van der Waals surface area contributed by atoms with Crippen molar-refractivity contribution in [2.24, 2.45) is 0 Å². The number of carbonyl (C=O) groups excluding carboxylic acids is 2. The van der Waals surface area contributed by atoms with Crippen LogP contribution in [0.25, 0.3) is 0 Å². The maximum atomic E-state index is 12.2. The van der Waals surface area contributed by atoms with Crippen molar-refractivity contribution >= 4 is 23.3 Å². The van der Waals surface area contributed by atoms with E-state index in [1.165, 1.54) is 0 Å². The SMILES string of the molecule is CCC(=O)Nc1ccc(C)c(NC(=O)NCc2ccc(OCCOC)cc2)c1. The van der Waals surface area contributed by atoms with E-state index < -0.39 is 0 Å². The number of ether oxygens (including phenoxy) is 2. The minimum atomic E-state index is -0.317. The smallest absolute Gasteiger partial charge is 0.319 e. The quantitative estimate of drug-likeness (QED) is 0.575. The Morgan fingerprint density at radius 2 is 1.75 bits per heavy atom. The van der Waals surface area contributed by atoms with Crippen molar-refractivity contribution in [3.05, 3.63) is 53.6 Å². The Morgan fingerprint density at radius 1 is 1.00 bits per heavy atom. The molecule has 0 saturated carbocycles. The van der Waals surface area contributed by atoms with E-state index in [4.69, 9.17) is 9.47 Å². The minimum absolute atomic E-state index is 0.0751. The van der Waals surface area contributed by atoms with Gasteiger partial charge in [-0.05, 0) is 42.3 Å². The van der Waals surface area contributed by atoms with Gasteiger partial charge in [0, 0.05) is 31.5 Å². The molecule has 0 atom stereocenters. The number of urea groups is 1. The average Bonchev–Trinajstić information content (AvgIpc) is 2.70. The lowest BCUT2D eigenvalue weighted by Crippen LogP contribution is -2.28. The zero-order valence-corrected chi connectivity index (χ0v) is 16.5. The molecule has 28 heavy (non-hydrogen) atoms. The van der Waals surface area contributed by atoms with Crippen molar-refractivity contribution in [2.45, 2.75) is 26.8 Å². The molecule has 0 bridgehead atoms. The number of methoxy groups -OCH3 is 1. The van der Waals surface area contributed by atoms with Crippen molar-refractivity contribution in [2.75, 3.05) is 31.0 Å². The first-order chi connectivity index (χ1) is 13.5. The first kappa shape index (κ1) is 21.2. The Labute approximate surface area is 165 Å². The number of hydrogen-bond donors (Lipinski definition) is 3. The van der Waals surface area contributed by atoms with Gasteiger partial charge in [0.2, 0.25) is 5.91 Å². The fraction of sp³-hybridized carbons (Fsp3) is 0.333. The lowest BCUT2D eigenvalue weighted by Gasteiger charge is -2.12. The molecule has 0 aliphatic rings. The summed E-state index contributed by atoms with van der Waals surface area (Å²) in [5.41, 5.74) is 3.15. The van der Waals surface area contributed by atoms with Crippen LogP contribution >= 0.6 is 0 Å². The molecule has 7 heteroatoms. The van der Waals surface area contributed by atoms with Crippen molar-refractivity contribution in [3.8, 4) is 5.75 Å². The number of anilines is 2. The highest BCUT2D eigenvalue weighted by atomic mass is 16.5. The fourth-order valence-corrected chi connectivity index (χ4v) is 2.38. The monoisotopic (exact) mass is 385 g/mol. The summed E-state index contributed by atoms with van der Waals surface area (Å²) in [4.78, 5) is 23.8. The molecule has 0 aliphatic heterocycles. The van der Waals surface area contributed by atoms with Crippen molar-refractivity contribution < 1.29 is 19.1 Å².